The van der Waals surface area contributed by atoms with Gasteiger partial charge in [0.15, 0.2) is 11.5 Å². The number of nitrogens with zero attached hydrogens (tertiary/aromatic N) is 3. The second-order valence-electron chi connectivity index (χ2n) is 5.17. The molecule has 2 aromatic rings. The Bertz CT molecular complexity index is 1030. The Morgan fingerprint density at radius 2 is 2.21 bits per heavy atom. The van der Waals surface area contributed by atoms with E-state index in [1.54, 1.807) is 0 Å². The molecule has 0 aliphatic heterocycles. The molecular weight excluding hydrogens is 378 g/mol. The average molecular weight is 393 g/mol. The van der Waals surface area contributed by atoms with Crippen LogP contribution in [0.5, 0.6) is 11.5 Å². The summed E-state index contributed by atoms with van der Waals surface area (Å²) in [6, 6.07) is 2.10. The molecule has 1 aromatic heterocycles. The van der Waals surface area contributed by atoms with Crippen LogP contribution in [0.3, 0.4) is 0 Å². The summed E-state index contributed by atoms with van der Waals surface area (Å²) >= 11 is 0. The molecule has 1 heterocycles. The van der Waals surface area contributed by atoms with Crippen LogP contribution < -0.4 is 26.7 Å². The number of non-ortho nitro benzene ring substituents is 1. The van der Waals surface area contributed by atoms with Crippen molar-refractivity contribution in [3.8, 4) is 11.5 Å². The zero-order chi connectivity index (χ0) is 20.7. The molecule has 28 heavy (non-hydrogen) atoms. The molecule has 0 bridgehead atoms. The van der Waals surface area contributed by atoms with Gasteiger partial charge >= 0.3 is 5.69 Å². The number of H-pyrrole nitrogens is 2. The van der Waals surface area contributed by atoms with Crippen LogP contribution in [0.15, 0.2) is 26.8 Å². The van der Waals surface area contributed by atoms with Crippen molar-refractivity contribution in [3.05, 3.63) is 48.6 Å². The van der Waals surface area contributed by atoms with Gasteiger partial charge in [0.1, 0.15) is 0 Å². The van der Waals surface area contributed by atoms with Gasteiger partial charge in [0, 0.05) is 24.6 Å². The minimum absolute atomic E-state index is 0.0133. The van der Waals surface area contributed by atoms with Crippen LogP contribution in [0, 0.1) is 10.1 Å². The third-order valence-corrected chi connectivity index (χ3v) is 3.27. The van der Waals surface area contributed by atoms with Crippen molar-refractivity contribution in [2.75, 3.05) is 19.0 Å². The molecular formula is C14H15N7O7. The molecule has 14 nitrogen and oxygen atoms in total. The number of phenolic OH excluding ortho intramolecular Hbond substituents is 1. The number of benzene rings is 1. The summed E-state index contributed by atoms with van der Waals surface area (Å²) in [7, 11) is 1.23. The van der Waals surface area contributed by atoms with Gasteiger partial charge in [-0.2, -0.15) is 5.10 Å². The van der Waals surface area contributed by atoms with E-state index < -0.39 is 22.1 Å². The third-order valence-electron chi connectivity index (χ3n) is 3.27. The number of nitro benzene ring substituents is 1. The lowest BCUT2D eigenvalue weighted by Crippen LogP contribution is -2.28. The Balaban J connectivity index is 1.94. The summed E-state index contributed by atoms with van der Waals surface area (Å²) < 4.78 is 4.85. The van der Waals surface area contributed by atoms with Gasteiger partial charge in [-0.25, -0.2) is 15.3 Å². The molecule has 0 fully saturated rings. The predicted octanol–water partition coefficient (Wildman–Crippen LogP) is -0.967. The van der Waals surface area contributed by atoms with Crippen LogP contribution >= 0.6 is 0 Å². The van der Waals surface area contributed by atoms with Gasteiger partial charge in [-0.05, 0) is 0 Å². The summed E-state index contributed by atoms with van der Waals surface area (Å²) in [5.74, 6) is -1.22. The van der Waals surface area contributed by atoms with E-state index in [4.69, 9.17) is 4.74 Å². The summed E-state index contributed by atoms with van der Waals surface area (Å²) in [4.78, 5) is 46.1. The van der Waals surface area contributed by atoms with Crippen molar-refractivity contribution < 1.29 is 19.6 Å². The van der Waals surface area contributed by atoms with E-state index in [0.29, 0.717) is 0 Å². The highest BCUT2D eigenvalue weighted by Crippen LogP contribution is 2.33. The molecule has 14 heteroatoms. The third kappa shape index (κ3) is 5.13. The van der Waals surface area contributed by atoms with Gasteiger partial charge < -0.3 is 15.2 Å². The van der Waals surface area contributed by atoms with Gasteiger partial charge in [0.25, 0.3) is 11.2 Å². The van der Waals surface area contributed by atoms with Crippen LogP contribution in [-0.2, 0) is 4.79 Å². The number of hydrogen-bond donors (Lipinski definition) is 5. The lowest BCUT2D eigenvalue weighted by atomic mass is 10.2. The first kappa shape index (κ1) is 20.1. The number of carbonyl (C=O) groups excluding carboxylic acids is 1. The van der Waals surface area contributed by atoms with E-state index in [0.717, 1.165) is 18.3 Å². The van der Waals surface area contributed by atoms with Crippen molar-refractivity contribution in [1.82, 2.24) is 20.6 Å². The highest BCUT2D eigenvalue weighted by Gasteiger charge is 2.15. The number of ether oxygens (including phenoxy) is 1. The standard InChI is InChI=1S/C14H15N7O7/c1-28-9-5-8(21(26)27)4-7(11(9)23)6-16-18-10(22)2-3-15-12-13(24)17-14(25)20-19-12/h4-6,23H,2-3H2,1H3,(H,15,19)(H,18,22)(H2,17,20,24,25)/b16-6+. The highest BCUT2D eigenvalue weighted by atomic mass is 16.6. The summed E-state index contributed by atoms with van der Waals surface area (Å²) in [6.07, 6.45) is 0.909. The fourth-order valence-electron chi connectivity index (χ4n) is 1.97. The number of rotatable bonds is 8. The van der Waals surface area contributed by atoms with Crippen molar-refractivity contribution in [2.24, 2.45) is 5.10 Å². The van der Waals surface area contributed by atoms with E-state index in [-0.39, 0.29) is 41.5 Å². The van der Waals surface area contributed by atoms with E-state index in [9.17, 15) is 29.6 Å². The van der Waals surface area contributed by atoms with E-state index in [1.165, 1.54) is 7.11 Å². The highest BCUT2D eigenvalue weighted by molar-refractivity contribution is 5.87. The van der Waals surface area contributed by atoms with Crippen molar-refractivity contribution in [2.45, 2.75) is 6.42 Å². The number of aromatic hydroxyl groups is 1. The Morgan fingerprint density at radius 1 is 1.46 bits per heavy atom. The van der Waals surface area contributed by atoms with E-state index in [1.807, 2.05) is 10.1 Å². The molecule has 0 saturated carbocycles. The number of aromatic amines is 2. The summed E-state index contributed by atoms with van der Waals surface area (Å²) in [6.45, 7) is 0.0133. The maximum atomic E-state index is 11.7. The average Bonchev–Trinajstić information content (AvgIpc) is 2.64. The van der Waals surface area contributed by atoms with Crippen molar-refractivity contribution >= 4 is 23.6 Å². The molecule has 1 amide bonds. The smallest absolute Gasteiger partial charge is 0.342 e. The Kier molecular flexibility index (Phi) is 6.40. The fourth-order valence-corrected chi connectivity index (χ4v) is 1.97. The van der Waals surface area contributed by atoms with Crippen LogP contribution in [0.1, 0.15) is 12.0 Å². The molecule has 2 rings (SSSR count). The first-order chi connectivity index (χ1) is 13.3. The first-order valence-electron chi connectivity index (χ1n) is 7.62. The molecule has 0 saturated heterocycles. The minimum Gasteiger partial charge on any atom is -0.504 e. The van der Waals surface area contributed by atoms with E-state index in [2.05, 4.69) is 20.9 Å². The summed E-state index contributed by atoms with van der Waals surface area (Å²) in [5.41, 5.74) is 0.298. The maximum absolute atomic E-state index is 11.7. The number of phenols is 1. The molecule has 0 radical (unpaired) electrons. The normalized spacial score (nSPS) is 10.6. The van der Waals surface area contributed by atoms with Crippen LogP contribution in [0.2, 0.25) is 0 Å². The number of hydrogen-bond acceptors (Lipinski definition) is 10. The van der Waals surface area contributed by atoms with E-state index >= 15 is 0 Å². The molecule has 0 atom stereocenters. The Labute approximate surface area is 155 Å². The number of nitrogens with one attached hydrogen (secondary N) is 4. The number of aromatic nitrogens is 3. The molecule has 0 unspecified atom stereocenters. The van der Waals surface area contributed by atoms with Crippen molar-refractivity contribution in [3.63, 3.8) is 0 Å². The second-order valence-corrected chi connectivity index (χ2v) is 5.17. The topological polar surface area (TPSA) is 205 Å². The van der Waals surface area contributed by atoms with Crippen LogP contribution in [-0.4, -0.2) is 51.0 Å². The first-order valence-corrected chi connectivity index (χ1v) is 7.62. The van der Waals surface area contributed by atoms with Crippen LogP contribution in [0.25, 0.3) is 0 Å². The zero-order valence-corrected chi connectivity index (χ0v) is 14.4. The van der Waals surface area contributed by atoms with Crippen LogP contribution in [0.4, 0.5) is 11.5 Å². The van der Waals surface area contributed by atoms with Gasteiger partial charge in [-0.1, -0.05) is 0 Å². The lowest BCUT2D eigenvalue weighted by molar-refractivity contribution is -0.385. The predicted molar refractivity (Wildman–Crippen MR) is 95.6 cm³/mol. The Hall–Kier alpha value is -4.23. The zero-order valence-electron chi connectivity index (χ0n) is 14.4. The van der Waals surface area contributed by atoms with Gasteiger partial charge in [-0.15, -0.1) is 5.10 Å². The number of carbonyl (C=O) groups is 1. The number of amides is 1. The minimum atomic E-state index is -0.760. The maximum Gasteiger partial charge on any atom is 0.342 e. The molecule has 0 aliphatic rings. The molecule has 0 aliphatic carbocycles. The molecule has 5 N–H and O–H groups in total. The summed E-state index contributed by atoms with van der Waals surface area (Å²) in [5, 5.41) is 32.5. The van der Waals surface area contributed by atoms with Gasteiger partial charge in [0.2, 0.25) is 11.7 Å². The largest absolute Gasteiger partial charge is 0.504 e. The quantitative estimate of drug-likeness (QED) is 0.212. The number of methoxy groups -OCH3 is 1. The van der Waals surface area contributed by atoms with Crippen molar-refractivity contribution in [1.29, 1.82) is 0 Å². The second kappa shape index (κ2) is 8.93. The van der Waals surface area contributed by atoms with Gasteiger partial charge in [-0.3, -0.25) is 24.7 Å². The van der Waals surface area contributed by atoms with Gasteiger partial charge in [0.05, 0.1) is 24.3 Å². The fraction of sp³-hybridized carbons (Fsp3) is 0.214. The lowest BCUT2D eigenvalue weighted by Gasteiger charge is -2.06. The molecule has 0 spiro atoms. The number of hydrazone groups is 1. The monoisotopic (exact) mass is 393 g/mol. The Morgan fingerprint density at radius 3 is 2.86 bits per heavy atom. The SMILES string of the molecule is COc1cc([N+](=O)[O-])cc(/C=N/NC(=O)CCNc2n[nH]c(=O)[nH]c2=O)c1O. The number of nitro groups is 1. The molecule has 148 valence electrons. The number of anilines is 1. The molecule has 1 aromatic carbocycles.